The van der Waals surface area contributed by atoms with Gasteiger partial charge in [0.1, 0.15) is 17.1 Å². The third-order valence-corrected chi connectivity index (χ3v) is 4.47. The van der Waals surface area contributed by atoms with Gasteiger partial charge in [0.15, 0.2) is 0 Å². The van der Waals surface area contributed by atoms with Crippen molar-refractivity contribution in [1.29, 1.82) is 0 Å². The summed E-state index contributed by atoms with van der Waals surface area (Å²) in [5.41, 5.74) is 0.624. The number of nitrogens with zero attached hydrogens (tertiary/aromatic N) is 4. The van der Waals surface area contributed by atoms with Crippen molar-refractivity contribution in [2.24, 2.45) is 0 Å². The van der Waals surface area contributed by atoms with Crippen molar-refractivity contribution >= 4 is 21.6 Å². The van der Waals surface area contributed by atoms with Crippen LogP contribution in [0.2, 0.25) is 0 Å². The van der Waals surface area contributed by atoms with Gasteiger partial charge in [0.05, 0.1) is 23.9 Å². The molecule has 0 fully saturated rings. The minimum atomic E-state index is -0.124. The molecule has 0 aliphatic carbocycles. The summed E-state index contributed by atoms with van der Waals surface area (Å²) in [6, 6.07) is 9.26. The maximum atomic E-state index is 12.4. The maximum absolute atomic E-state index is 12.4. The second kappa shape index (κ2) is 6.48. The predicted molar refractivity (Wildman–Crippen MR) is 93.9 cm³/mol. The summed E-state index contributed by atoms with van der Waals surface area (Å²) in [4.78, 5) is 21.8. The van der Waals surface area contributed by atoms with Crippen LogP contribution in [0.1, 0.15) is 12.8 Å². The molecule has 0 N–H and O–H groups in total. The molecular formula is C17H14N4O3S. The number of benzene rings is 1. The van der Waals surface area contributed by atoms with E-state index in [0.717, 1.165) is 10.4 Å². The topological polar surface area (TPSA) is 83.0 Å². The highest BCUT2D eigenvalue weighted by Gasteiger charge is 2.14. The van der Waals surface area contributed by atoms with Gasteiger partial charge in [0, 0.05) is 0 Å². The van der Waals surface area contributed by atoms with Crippen LogP contribution in [0.25, 0.3) is 21.6 Å². The molecule has 3 heterocycles. The number of hydrogen-bond donors (Lipinski definition) is 0. The Morgan fingerprint density at radius 3 is 3.04 bits per heavy atom. The Morgan fingerprint density at radius 1 is 1.28 bits per heavy atom. The molecule has 126 valence electrons. The number of ether oxygens (including phenoxy) is 1. The summed E-state index contributed by atoms with van der Waals surface area (Å²) >= 11 is 1.43. The Morgan fingerprint density at radius 2 is 2.16 bits per heavy atom. The molecule has 1 aromatic carbocycles. The van der Waals surface area contributed by atoms with Gasteiger partial charge >= 0.3 is 0 Å². The minimum absolute atomic E-state index is 0.124. The van der Waals surface area contributed by atoms with E-state index in [9.17, 15) is 4.79 Å². The van der Waals surface area contributed by atoms with Crippen LogP contribution < -0.4 is 10.3 Å². The van der Waals surface area contributed by atoms with Crippen LogP contribution >= 0.6 is 11.3 Å². The Labute approximate surface area is 146 Å². The van der Waals surface area contributed by atoms with Crippen LogP contribution in [-0.2, 0) is 6.54 Å². The fourth-order valence-corrected chi connectivity index (χ4v) is 3.24. The Hall–Kier alpha value is -3.00. The average molecular weight is 354 g/mol. The number of thiophene rings is 1. The van der Waals surface area contributed by atoms with E-state index >= 15 is 0 Å². The van der Waals surface area contributed by atoms with Gasteiger partial charge in [-0.3, -0.25) is 9.36 Å². The fraction of sp³-hybridized carbons (Fsp3) is 0.176. The molecular weight excluding hydrogens is 340 g/mol. The predicted octanol–water partition coefficient (Wildman–Crippen LogP) is 2.96. The largest absolute Gasteiger partial charge is 0.493 e. The molecule has 25 heavy (non-hydrogen) atoms. The molecule has 0 aliphatic rings. The highest BCUT2D eigenvalue weighted by atomic mass is 32.1. The lowest BCUT2D eigenvalue weighted by molar-refractivity contribution is 0.340. The summed E-state index contributed by atoms with van der Waals surface area (Å²) in [5, 5.41) is 6.45. The first kappa shape index (κ1) is 15.5. The smallest absolute Gasteiger partial charge is 0.262 e. The third-order valence-electron chi connectivity index (χ3n) is 3.65. The van der Waals surface area contributed by atoms with Crippen LogP contribution in [0.4, 0.5) is 0 Å². The summed E-state index contributed by atoms with van der Waals surface area (Å²) in [5.74, 6) is 1.45. The van der Waals surface area contributed by atoms with Gasteiger partial charge in [0.25, 0.3) is 5.56 Å². The van der Waals surface area contributed by atoms with Gasteiger partial charge in [-0.2, -0.15) is 4.98 Å². The molecule has 0 radical (unpaired) electrons. The van der Waals surface area contributed by atoms with Crippen LogP contribution in [0.15, 0.2) is 51.4 Å². The van der Waals surface area contributed by atoms with Gasteiger partial charge in [-0.1, -0.05) is 17.3 Å². The minimum Gasteiger partial charge on any atom is -0.493 e. The van der Waals surface area contributed by atoms with Crippen LogP contribution in [0.5, 0.6) is 5.75 Å². The number of para-hydroxylation sites is 1. The lowest BCUT2D eigenvalue weighted by atomic mass is 10.2. The molecule has 3 aromatic heterocycles. The molecule has 8 heteroatoms. The van der Waals surface area contributed by atoms with Gasteiger partial charge in [0.2, 0.25) is 11.7 Å². The van der Waals surface area contributed by atoms with Crippen molar-refractivity contribution in [3.63, 3.8) is 0 Å². The average Bonchev–Trinajstić information content (AvgIpc) is 3.28. The van der Waals surface area contributed by atoms with Crippen LogP contribution in [0.3, 0.4) is 0 Å². The van der Waals surface area contributed by atoms with E-state index in [4.69, 9.17) is 9.26 Å². The summed E-state index contributed by atoms with van der Waals surface area (Å²) < 4.78 is 12.4. The first-order valence-electron chi connectivity index (χ1n) is 7.73. The van der Waals surface area contributed by atoms with Crippen LogP contribution in [0, 0.1) is 0 Å². The molecule has 0 amide bonds. The van der Waals surface area contributed by atoms with E-state index in [2.05, 4.69) is 15.1 Å². The molecule has 4 rings (SSSR count). The highest BCUT2D eigenvalue weighted by molar-refractivity contribution is 7.16. The van der Waals surface area contributed by atoms with Crippen molar-refractivity contribution in [2.45, 2.75) is 13.5 Å². The fourth-order valence-electron chi connectivity index (χ4n) is 2.51. The number of hydrogen-bond acceptors (Lipinski definition) is 7. The Bertz CT molecular complexity index is 1080. The van der Waals surface area contributed by atoms with Gasteiger partial charge in [-0.05, 0) is 30.5 Å². The number of fused-ring (bicyclic) bond motifs is 1. The Kier molecular flexibility index (Phi) is 4.02. The van der Waals surface area contributed by atoms with Crippen molar-refractivity contribution in [3.8, 4) is 17.1 Å². The zero-order chi connectivity index (χ0) is 17.2. The number of aromatic nitrogens is 4. The number of rotatable bonds is 5. The second-order valence-corrected chi connectivity index (χ2v) is 6.15. The van der Waals surface area contributed by atoms with E-state index in [0.29, 0.717) is 29.5 Å². The highest BCUT2D eigenvalue weighted by Crippen LogP contribution is 2.27. The zero-order valence-corrected chi connectivity index (χ0v) is 14.2. The normalized spacial score (nSPS) is 11.1. The van der Waals surface area contributed by atoms with E-state index < -0.39 is 0 Å². The summed E-state index contributed by atoms with van der Waals surface area (Å²) in [6.07, 6.45) is 1.50. The van der Waals surface area contributed by atoms with Gasteiger partial charge < -0.3 is 9.26 Å². The van der Waals surface area contributed by atoms with Crippen molar-refractivity contribution in [1.82, 2.24) is 19.7 Å². The monoisotopic (exact) mass is 354 g/mol. The van der Waals surface area contributed by atoms with E-state index in [-0.39, 0.29) is 12.1 Å². The van der Waals surface area contributed by atoms with E-state index in [1.54, 1.807) is 6.07 Å². The lowest BCUT2D eigenvalue weighted by Crippen LogP contribution is -2.20. The Balaban J connectivity index is 1.65. The lowest BCUT2D eigenvalue weighted by Gasteiger charge is -2.06. The van der Waals surface area contributed by atoms with Crippen molar-refractivity contribution in [2.75, 3.05) is 6.61 Å². The van der Waals surface area contributed by atoms with Crippen molar-refractivity contribution < 1.29 is 9.26 Å². The SMILES string of the molecule is CCOc1ccccc1-c1noc(Cn2cnc3sccc3c2=O)n1. The standard InChI is InChI=1S/C17H14N4O3S/c1-2-23-13-6-4-3-5-11(13)15-19-14(24-20-15)9-21-10-18-16-12(17(21)22)7-8-25-16/h3-8,10H,2,9H2,1H3. The van der Waals surface area contributed by atoms with Crippen LogP contribution in [-0.4, -0.2) is 26.3 Å². The molecule has 0 saturated carbocycles. The first-order chi connectivity index (χ1) is 12.3. The second-order valence-electron chi connectivity index (χ2n) is 5.26. The molecule has 4 aromatic rings. The summed E-state index contributed by atoms with van der Waals surface area (Å²) in [7, 11) is 0. The molecule has 0 saturated heterocycles. The van der Waals surface area contributed by atoms with Gasteiger partial charge in [-0.25, -0.2) is 4.98 Å². The maximum Gasteiger partial charge on any atom is 0.262 e. The summed E-state index contributed by atoms with van der Waals surface area (Å²) in [6.45, 7) is 2.63. The quantitative estimate of drug-likeness (QED) is 0.548. The molecule has 0 bridgehead atoms. The zero-order valence-electron chi connectivity index (χ0n) is 13.4. The van der Waals surface area contributed by atoms with E-state index in [1.807, 2.05) is 36.6 Å². The molecule has 7 nitrogen and oxygen atoms in total. The molecule has 0 atom stereocenters. The van der Waals surface area contributed by atoms with Gasteiger partial charge in [-0.15, -0.1) is 11.3 Å². The third kappa shape index (κ3) is 2.91. The van der Waals surface area contributed by atoms with Crippen molar-refractivity contribution in [3.05, 3.63) is 58.3 Å². The molecule has 0 aliphatic heterocycles. The first-order valence-corrected chi connectivity index (χ1v) is 8.61. The van der Waals surface area contributed by atoms with E-state index in [1.165, 1.54) is 22.2 Å². The molecule has 0 unspecified atom stereocenters. The molecule has 0 spiro atoms.